The van der Waals surface area contributed by atoms with Crippen LogP contribution in [0.5, 0.6) is 0 Å². The lowest BCUT2D eigenvalue weighted by atomic mass is 10.1. The molecular formula is C23H19N5O3S. The molecule has 0 spiro atoms. The highest BCUT2D eigenvalue weighted by molar-refractivity contribution is 7.92. The van der Waals surface area contributed by atoms with Gasteiger partial charge in [-0.15, -0.1) is 0 Å². The fourth-order valence-corrected chi connectivity index (χ4v) is 4.63. The van der Waals surface area contributed by atoms with Crippen LogP contribution in [0.1, 0.15) is 17.9 Å². The zero-order chi connectivity index (χ0) is 22.1. The van der Waals surface area contributed by atoms with Crippen molar-refractivity contribution >= 4 is 38.5 Å². The van der Waals surface area contributed by atoms with Crippen molar-refractivity contribution in [2.24, 2.45) is 5.92 Å². The molecule has 2 atom stereocenters. The lowest BCUT2D eigenvalue weighted by Gasteiger charge is -2.08. The van der Waals surface area contributed by atoms with Crippen molar-refractivity contribution in [2.45, 2.75) is 17.2 Å². The van der Waals surface area contributed by atoms with Crippen molar-refractivity contribution in [1.82, 2.24) is 15.0 Å². The molecule has 0 radical (unpaired) electrons. The molecule has 4 aromatic rings. The van der Waals surface area contributed by atoms with Gasteiger partial charge in [-0.1, -0.05) is 18.2 Å². The van der Waals surface area contributed by atoms with E-state index in [4.69, 9.17) is 0 Å². The molecule has 1 aliphatic rings. The van der Waals surface area contributed by atoms with Gasteiger partial charge in [0, 0.05) is 29.9 Å². The highest BCUT2D eigenvalue weighted by Gasteiger charge is 2.44. The van der Waals surface area contributed by atoms with E-state index >= 15 is 0 Å². The van der Waals surface area contributed by atoms with Crippen LogP contribution < -0.4 is 10.0 Å². The van der Waals surface area contributed by atoms with Crippen molar-refractivity contribution in [3.63, 3.8) is 0 Å². The predicted molar refractivity (Wildman–Crippen MR) is 121 cm³/mol. The number of benzene rings is 1. The summed E-state index contributed by atoms with van der Waals surface area (Å²) in [5, 5.41) is 3.78. The van der Waals surface area contributed by atoms with Gasteiger partial charge in [0.1, 0.15) is 11.6 Å². The summed E-state index contributed by atoms with van der Waals surface area (Å²) in [6, 6.07) is 17.0. The molecule has 8 nitrogen and oxygen atoms in total. The summed E-state index contributed by atoms with van der Waals surface area (Å²) >= 11 is 0. The molecule has 160 valence electrons. The Morgan fingerprint density at radius 2 is 1.78 bits per heavy atom. The van der Waals surface area contributed by atoms with E-state index in [0.29, 0.717) is 12.2 Å². The molecule has 2 N–H and O–H groups in total. The second-order valence-electron chi connectivity index (χ2n) is 7.59. The summed E-state index contributed by atoms with van der Waals surface area (Å²) < 4.78 is 27.5. The van der Waals surface area contributed by atoms with Crippen LogP contribution in [0.2, 0.25) is 0 Å². The van der Waals surface area contributed by atoms with Crippen molar-refractivity contribution in [3.05, 3.63) is 84.8 Å². The number of rotatable bonds is 6. The van der Waals surface area contributed by atoms with Gasteiger partial charge in [0.15, 0.2) is 0 Å². The topological polar surface area (TPSA) is 114 Å². The Kier molecular flexibility index (Phi) is 5.02. The van der Waals surface area contributed by atoms with Crippen LogP contribution in [-0.2, 0) is 14.8 Å². The number of fused-ring (bicyclic) bond motifs is 1. The Bertz CT molecular complexity index is 1390. The average Bonchev–Trinajstić information content (AvgIpc) is 3.61. The lowest BCUT2D eigenvalue weighted by Crippen LogP contribution is -2.15. The van der Waals surface area contributed by atoms with E-state index in [9.17, 15) is 13.2 Å². The van der Waals surface area contributed by atoms with Crippen LogP contribution in [0.15, 0.2) is 84.1 Å². The number of amides is 1. The fraction of sp³-hybridized carbons (Fsp3) is 0.130. The molecule has 1 saturated carbocycles. The van der Waals surface area contributed by atoms with E-state index in [0.717, 1.165) is 16.5 Å². The van der Waals surface area contributed by atoms with Crippen molar-refractivity contribution in [1.29, 1.82) is 0 Å². The maximum atomic E-state index is 12.6. The van der Waals surface area contributed by atoms with Crippen LogP contribution in [0.25, 0.3) is 10.9 Å². The quantitative estimate of drug-likeness (QED) is 0.469. The first-order chi connectivity index (χ1) is 15.5. The first kappa shape index (κ1) is 20.1. The summed E-state index contributed by atoms with van der Waals surface area (Å²) in [5.74, 6) is 0.555. The number of aromatic nitrogens is 3. The molecule has 1 aliphatic carbocycles. The number of anilines is 2. The number of pyridine rings is 3. The second-order valence-corrected chi connectivity index (χ2v) is 9.27. The largest absolute Gasteiger partial charge is 0.310 e. The number of nitrogens with one attached hydrogen (secondary N) is 2. The molecule has 3 heterocycles. The van der Waals surface area contributed by atoms with Crippen molar-refractivity contribution < 1.29 is 13.2 Å². The summed E-state index contributed by atoms with van der Waals surface area (Å²) in [6.45, 7) is 0. The third-order valence-corrected chi connectivity index (χ3v) is 6.76. The van der Waals surface area contributed by atoms with Gasteiger partial charge in [-0.25, -0.2) is 18.4 Å². The molecule has 9 heteroatoms. The summed E-state index contributed by atoms with van der Waals surface area (Å²) in [7, 11) is -3.73. The van der Waals surface area contributed by atoms with Gasteiger partial charge >= 0.3 is 0 Å². The number of hydrogen-bond donors (Lipinski definition) is 2. The zero-order valence-electron chi connectivity index (χ0n) is 16.8. The fourth-order valence-electron chi connectivity index (χ4n) is 3.62. The highest BCUT2D eigenvalue weighted by atomic mass is 32.2. The van der Waals surface area contributed by atoms with Gasteiger partial charge in [-0.05, 0) is 60.4 Å². The van der Waals surface area contributed by atoms with E-state index in [2.05, 4.69) is 25.0 Å². The van der Waals surface area contributed by atoms with E-state index in [1.165, 1.54) is 6.20 Å². The van der Waals surface area contributed by atoms with Gasteiger partial charge in [0.05, 0.1) is 10.4 Å². The SMILES string of the molecule is O=C(Nc1ccc2cnccc2n1)C1CC1c1ccc(S(=O)(=O)Nc2ccccn2)cc1. The molecule has 1 amide bonds. The number of sulfonamides is 1. The predicted octanol–water partition coefficient (Wildman–Crippen LogP) is 3.57. The molecule has 32 heavy (non-hydrogen) atoms. The standard InChI is InChI=1S/C23H19N5O3S/c29-23(27-22-9-6-16-14-24-12-10-20(16)26-22)19-13-18(19)15-4-7-17(8-5-15)32(30,31)28-21-3-1-2-11-25-21/h1-12,14,18-19H,13H2,(H,25,28)(H,26,27,29). The maximum Gasteiger partial charge on any atom is 0.263 e. The van der Waals surface area contributed by atoms with Gasteiger partial charge in [-0.3, -0.25) is 14.5 Å². The zero-order valence-corrected chi connectivity index (χ0v) is 17.7. The van der Waals surface area contributed by atoms with Crippen LogP contribution in [0.3, 0.4) is 0 Å². The smallest absolute Gasteiger partial charge is 0.263 e. The third kappa shape index (κ3) is 4.15. The normalized spacial score (nSPS) is 17.6. The maximum absolute atomic E-state index is 12.6. The first-order valence-corrected chi connectivity index (χ1v) is 11.5. The Morgan fingerprint density at radius 3 is 2.56 bits per heavy atom. The Morgan fingerprint density at radius 1 is 0.938 bits per heavy atom. The third-order valence-electron chi connectivity index (χ3n) is 5.39. The Hall–Kier alpha value is -3.85. The first-order valence-electron chi connectivity index (χ1n) is 10.0. The van der Waals surface area contributed by atoms with Gasteiger partial charge in [0.25, 0.3) is 10.0 Å². The Labute approximate surface area is 184 Å². The van der Waals surface area contributed by atoms with Crippen LogP contribution in [-0.4, -0.2) is 29.3 Å². The number of carbonyl (C=O) groups excluding carboxylic acids is 1. The Balaban J connectivity index is 1.24. The van der Waals surface area contributed by atoms with Crippen molar-refractivity contribution in [2.75, 3.05) is 10.0 Å². The van der Waals surface area contributed by atoms with Crippen LogP contribution in [0.4, 0.5) is 11.6 Å². The van der Waals surface area contributed by atoms with Gasteiger partial charge < -0.3 is 5.32 Å². The molecular weight excluding hydrogens is 426 g/mol. The van der Waals surface area contributed by atoms with E-state index in [1.54, 1.807) is 67.0 Å². The molecule has 0 aliphatic heterocycles. The monoisotopic (exact) mass is 445 g/mol. The highest BCUT2D eigenvalue weighted by Crippen LogP contribution is 2.48. The van der Waals surface area contributed by atoms with Gasteiger partial charge in [0.2, 0.25) is 5.91 Å². The van der Waals surface area contributed by atoms with Crippen molar-refractivity contribution in [3.8, 4) is 0 Å². The lowest BCUT2D eigenvalue weighted by molar-refractivity contribution is -0.117. The van der Waals surface area contributed by atoms with E-state index in [-0.39, 0.29) is 28.5 Å². The minimum absolute atomic E-state index is 0.0557. The molecule has 1 aromatic carbocycles. The number of nitrogens with zero attached hydrogens (tertiary/aromatic N) is 3. The number of hydrogen-bond acceptors (Lipinski definition) is 6. The molecule has 1 fully saturated rings. The second kappa shape index (κ2) is 8.01. The molecule has 3 aromatic heterocycles. The molecule has 5 rings (SSSR count). The number of carbonyl (C=O) groups is 1. The average molecular weight is 446 g/mol. The minimum atomic E-state index is -3.73. The molecule has 0 bridgehead atoms. The summed E-state index contributed by atoms with van der Waals surface area (Å²) in [5.41, 5.74) is 1.70. The van der Waals surface area contributed by atoms with Gasteiger partial charge in [-0.2, -0.15) is 0 Å². The molecule has 0 saturated heterocycles. The van der Waals surface area contributed by atoms with Crippen LogP contribution >= 0.6 is 0 Å². The van der Waals surface area contributed by atoms with E-state index in [1.807, 2.05) is 6.07 Å². The minimum Gasteiger partial charge on any atom is -0.310 e. The van der Waals surface area contributed by atoms with Crippen LogP contribution in [0, 0.1) is 5.92 Å². The van der Waals surface area contributed by atoms with E-state index < -0.39 is 10.0 Å². The summed E-state index contributed by atoms with van der Waals surface area (Å²) in [6.07, 6.45) is 5.61. The summed E-state index contributed by atoms with van der Waals surface area (Å²) in [4.78, 5) is 25.3. The molecule has 2 unspecified atom stereocenters.